The van der Waals surface area contributed by atoms with Crippen LogP contribution in [0.5, 0.6) is 0 Å². The zero-order valence-corrected chi connectivity index (χ0v) is 17.3. The van der Waals surface area contributed by atoms with E-state index in [-0.39, 0.29) is 17.7 Å². The number of aromatic nitrogens is 3. The Balaban J connectivity index is 1.30. The minimum absolute atomic E-state index is 0.0185. The van der Waals surface area contributed by atoms with Crippen molar-refractivity contribution < 1.29 is 9.59 Å². The molecule has 0 radical (unpaired) electrons. The Kier molecular flexibility index (Phi) is 6.16. The summed E-state index contributed by atoms with van der Waals surface area (Å²) in [5.41, 5.74) is 3.14. The molecule has 31 heavy (non-hydrogen) atoms. The van der Waals surface area contributed by atoms with Crippen LogP contribution in [0.1, 0.15) is 19.8 Å². The topological polar surface area (TPSA) is 100 Å². The summed E-state index contributed by atoms with van der Waals surface area (Å²) in [7, 11) is 0. The molecule has 1 saturated heterocycles. The lowest BCUT2D eigenvalue weighted by Gasteiger charge is -2.31. The minimum atomic E-state index is -0.125. The maximum Gasteiger partial charge on any atom is 0.227 e. The summed E-state index contributed by atoms with van der Waals surface area (Å²) < 4.78 is 0. The van der Waals surface area contributed by atoms with E-state index in [0.29, 0.717) is 5.69 Å². The molecule has 1 fully saturated rings. The van der Waals surface area contributed by atoms with Crippen LogP contribution in [0, 0.1) is 5.92 Å². The molecule has 3 aromatic rings. The number of pyridine rings is 1. The number of amides is 2. The van der Waals surface area contributed by atoms with E-state index in [1.807, 2.05) is 24.3 Å². The molecule has 4 rings (SSSR count). The van der Waals surface area contributed by atoms with Gasteiger partial charge in [0, 0.05) is 55.3 Å². The Bertz CT molecular complexity index is 1030. The molecule has 0 saturated carbocycles. The number of hydrogen-bond donors (Lipinski definition) is 2. The van der Waals surface area contributed by atoms with E-state index >= 15 is 0 Å². The number of carbonyl (C=O) groups is 2. The highest BCUT2D eigenvalue weighted by Crippen LogP contribution is 2.24. The van der Waals surface area contributed by atoms with Crippen LogP contribution in [0.3, 0.4) is 0 Å². The summed E-state index contributed by atoms with van der Waals surface area (Å²) in [5.74, 6) is 0.666. The number of nitrogens with zero attached hydrogens (tertiary/aromatic N) is 4. The molecule has 0 unspecified atom stereocenters. The van der Waals surface area contributed by atoms with Gasteiger partial charge in [-0.15, -0.1) is 10.2 Å². The number of nitrogens with one attached hydrogen (secondary N) is 2. The lowest BCUT2D eigenvalue weighted by Crippen LogP contribution is -2.38. The standard InChI is InChI=1S/C23H24N6O2/c1-16(30)25-19-4-6-20(7-5-19)26-23(31)17-10-13-29(14-11-17)22-9-8-21(27-28-22)18-3-2-12-24-15-18/h2-9,12,15,17H,10-11,13-14H2,1H3,(H,25,30)(H,26,31). The van der Waals surface area contributed by atoms with Crippen molar-refractivity contribution in [2.45, 2.75) is 19.8 Å². The molecule has 0 aliphatic carbocycles. The van der Waals surface area contributed by atoms with Crippen molar-refractivity contribution in [1.29, 1.82) is 0 Å². The molecule has 2 N–H and O–H groups in total. The van der Waals surface area contributed by atoms with E-state index < -0.39 is 0 Å². The molecule has 2 aromatic heterocycles. The largest absolute Gasteiger partial charge is 0.355 e. The van der Waals surface area contributed by atoms with E-state index in [0.717, 1.165) is 48.7 Å². The Labute approximate surface area is 180 Å². The minimum Gasteiger partial charge on any atom is -0.355 e. The summed E-state index contributed by atoms with van der Waals surface area (Å²) in [5, 5.41) is 14.4. The van der Waals surface area contributed by atoms with Gasteiger partial charge in [-0.25, -0.2) is 0 Å². The van der Waals surface area contributed by atoms with Crippen LogP contribution in [-0.4, -0.2) is 40.1 Å². The Morgan fingerprint density at radius 1 is 0.935 bits per heavy atom. The van der Waals surface area contributed by atoms with Gasteiger partial charge < -0.3 is 15.5 Å². The third-order valence-electron chi connectivity index (χ3n) is 5.27. The Morgan fingerprint density at radius 3 is 2.23 bits per heavy atom. The van der Waals surface area contributed by atoms with E-state index in [2.05, 4.69) is 30.7 Å². The van der Waals surface area contributed by atoms with Gasteiger partial charge in [0.1, 0.15) is 0 Å². The van der Waals surface area contributed by atoms with Gasteiger partial charge in [0.05, 0.1) is 5.69 Å². The highest BCUT2D eigenvalue weighted by molar-refractivity contribution is 5.93. The van der Waals surface area contributed by atoms with Gasteiger partial charge in [-0.1, -0.05) is 0 Å². The van der Waals surface area contributed by atoms with Gasteiger partial charge in [0.25, 0.3) is 0 Å². The van der Waals surface area contributed by atoms with E-state index in [1.54, 1.807) is 36.7 Å². The predicted octanol–water partition coefficient (Wildman–Crippen LogP) is 3.35. The number of rotatable bonds is 5. The second-order valence-electron chi connectivity index (χ2n) is 7.53. The lowest BCUT2D eigenvalue weighted by atomic mass is 9.95. The SMILES string of the molecule is CC(=O)Nc1ccc(NC(=O)C2CCN(c3ccc(-c4cccnc4)nn3)CC2)cc1. The number of benzene rings is 1. The summed E-state index contributed by atoms with van der Waals surface area (Å²) in [6.07, 6.45) is 5.00. The van der Waals surface area contributed by atoms with E-state index in [4.69, 9.17) is 0 Å². The predicted molar refractivity (Wildman–Crippen MR) is 120 cm³/mol. The number of piperidine rings is 1. The Hall–Kier alpha value is -3.81. The maximum atomic E-state index is 12.6. The fourth-order valence-corrected chi connectivity index (χ4v) is 3.62. The van der Waals surface area contributed by atoms with Gasteiger partial charge in [-0.2, -0.15) is 0 Å². The van der Waals surface area contributed by atoms with Crippen LogP contribution in [0.15, 0.2) is 60.9 Å². The molecular weight excluding hydrogens is 392 g/mol. The number of carbonyl (C=O) groups excluding carboxylic acids is 2. The molecule has 8 heteroatoms. The molecule has 158 valence electrons. The molecular formula is C23H24N6O2. The van der Waals surface area contributed by atoms with Gasteiger partial charge in [-0.05, 0) is 61.4 Å². The van der Waals surface area contributed by atoms with E-state index in [9.17, 15) is 9.59 Å². The zero-order chi connectivity index (χ0) is 21.6. The fourth-order valence-electron chi connectivity index (χ4n) is 3.62. The molecule has 1 aliphatic heterocycles. The van der Waals surface area contributed by atoms with Crippen molar-refractivity contribution in [1.82, 2.24) is 15.2 Å². The van der Waals surface area contributed by atoms with Gasteiger partial charge >= 0.3 is 0 Å². The Morgan fingerprint density at radius 2 is 1.65 bits per heavy atom. The third-order valence-corrected chi connectivity index (χ3v) is 5.27. The summed E-state index contributed by atoms with van der Waals surface area (Å²) in [6.45, 7) is 2.96. The normalized spacial score (nSPS) is 14.2. The van der Waals surface area contributed by atoms with Crippen LogP contribution < -0.4 is 15.5 Å². The van der Waals surface area contributed by atoms with Crippen molar-refractivity contribution in [3.8, 4) is 11.3 Å². The third kappa shape index (κ3) is 5.22. The number of hydrogen-bond acceptors (Lipinski definition) is 6. The molecule has 1 aromatic carbocycles. The lowest BCUT2D eigenvalue weighted by molar-refractivity contribution is -0.120. The van der Waals surface area contributed by atoms with Crippen molar-refractivity contribution in [3.63, 3.8) is 0 Å². The summed E-state index contributed by atoms with van der Waals surface area (Å²) in [4.78, 5) is 30.0. The first-order valence-electron chi connectivity index (χ1n) is 10.3. The first-order chi connectivity index (χ1) is 15.1. The monoisotopic (exact) mass is 416 g/mol. The molecule has 0 bridgehead atoms. The van der Waals surface area contributed by atoms with Crippen LogP contribution in [0.2, 0.25) is 0 Å². The summed E-state index contributed by atoms with van der Waals surface area (Å²) in [6, 6.07) is 14.9. The first-order valence-corrected chi connectivity index (χ1v) is 10.3. The smallest absolute Gasteiger partial charge is 0.227 e. The highest BCUT2D eigenvalue weighted by Gasteiger charge is 2.26. The molecule has 1 aliphatic rings. The molecule has 2 amide bonds. The average Bonchev–Trinajstić information content (AvgIpc) is 2.81. The van der Waals surface area contributed by atoms with Crippen molar-refractivity contribution >= 4 is 29.0 Å². The average molecular weight is 416 g/mol. The highest BCUT2D eigenvalue weighted by atomic mass is 16.2. The first kappa shape index (κ1) is 20.5. The second kappa shape index (κ2) is 9.34. The van der Waals surface area contributed by atoms with Gasteiger partial charge in [-0.3, -0.25) is 14.6 Å². The molecule has 3 heterocycles. The van der Waals surface area contributed by atoms with Crippen LogP contribution in [-0.2, 0) is 9.59 Å². The summed E-state index contributed by atoms with van der Waals surface area (Å²) >= 11 is 0. The molecule has 0 spiro atoms. The maximum absolute atomic E-state index is 12.6. The van der Waals surface area contributed by atoms with Crippen LogP contribution >= 0.6 is 0 Å². The van der Waals surface area contributed by atoms with Crippen LogP contribution in [0.25, 0.3) is 11.3 Å². The van der Waals surface area contributed by atoms with Gasteiger partial charge in [0.15, 0.2) is 5.82 Å². The number of anilines is 3. The van der Waals surface area contributed by atoms with Crippen molar-refractivity contribution in [2.24, 2.45) is 5.92 Å². The quantitative estimate of drug-likeness (QED) is 0.662. The van der Waals surface area contributed by atoms with Gasteiger partial charge in [0.2, 0.25) is 11.8 Å². The zero-order valence-electron chi connectivity index (χ0n) is 17.3. The van der Waals surface area contributed by atoms with Crippen molar-refractivity contribution in [3.05, 3.63) is 60.9 Å². The fraction of sp³-hybridized carbons (Fsp3) is 0.261. The van der Waals surface area contributed by atoms with Crippen LogP contribution in [0.4, 0.5) is 17.2 Å². The molecule has 8 nitrogen and oxygen atoms in total. The van der Waals surface area contributed by atoms with Crippen molar-refractivity contribution in [2.75, 3.05) is 28.6 Å². The molecule has 0 atom stereocenters. The van der Waals surface area contributed by atoms with E-state index in [1.165, 1.54) is 6.92 Å². The second-order valence-corrected chi connectivity index (χ2v) is 7.53.